The molecular weight excluding hydrogens is 168 g/mol. The zero-order chi connectivity index (χ0) is 9.14. The van der Waals surface area contributed by atoms with Crippen LogP contribution in [-0.2, 0) is 11.4 Å². The van der Waals surface area contributed by atoms with Crippen LogP contribution in [0.2, 0.25) is 0 Å². The summed E-state index contributed by atoms with van der Waals surface area (Å²) in [5.74, 6) is 1.65. The average Bonchev–Trinajstić information content (AvgIpc) is 2.01. The summed E-state index contributed by atoms with van der Waals surface area (Å²) in [6.07, 6.45) is 0. The van der Waals surface area contributed by atoms with Gasteiger partial charge in [-0.2, -0.15) is 0 Å². The Morgan fingerprint density at radius 1 is 1.33 bits per heavy atom. The van der Waals surface area contributed by atoms with Gasteiger partial charge in [-0.3, -0.25) is 4.84 Å². The lowest BCUT2D eigenvalue weighted by molar-refractivity contribution is 0.123. The summed E-state index contributed by atoms with van der Waals surface area (Å²) in [4.78, 5) is 4.16. The van der Waals surface area contributed by atoms with Crippen molar-refractivity contribution in [2.45, 2.75) is 6.61 Å². The summed E-state index contributed by atoms with van der Waals surface area (Å²) in [6, 6.07) is 1.90. The van der Waals surface area contributed by atoms with Crippen molar-refractivity contribution in [2.24, 2.45) is 5.90 Å². The van der Waals surface area contributed by atoms with E-state index in [2.05, 4.69) is 4.84 Å². The third-order valence-electron chi connectivity index (χ3n) is 1.33. The number of rotatable bonds is 2. The molecule has 0 radical (unpaired) electrons. The third kappa shape index (κ3) is 1.69. The highest BCUT2D eigenvalue weighted by Crippen LogP contribution is 2.21. The zero-order valence-corrected chi connectivity index (χ0v) is 6.05. The Morgan fingerprint density at radius 2 is 1.83 bits per heavy atom. The topological polar surface area (TPSA) is 55.5 Å². The Balaban J connectivity index is 3.04. The quantitative estimate of drug-likeness (QED) is 0.661. The van der Waals surface area contributed by atoms with E-state index in [0.29, 0.717) is 0 Å². The van der Waals surface area contributed by atoms with Crippen LogP contribution < -0.4 is 5.90 Å². The van der Waals surface area contributed by atoms with Crippen molar-refractivity contribution in [3.05, 3.63) is 29.3 Å². The van der Waals surface area contributed by atoms with Crippen LogP contribution >= 0.6 is 0 Å². The maximum absolute atomic E-state index is 12.6. The van der Waals surface area contributed by atoms with Crippen molar-refractivity contribution < 1.29 is 18.7 Å². The highest BCUT2D eigenvalue weighted by molar-refractivity contribution is 5.29. The summed E-state index contributed by atoms with van der Waals surface area (Å²) >= 11 is 0. The number of aromatic hydroxyl groups is 1. The van der Waals surface area contributed by atoms with Gasteiger partial charge in [0.2, 0.25) is 0 Å². The predicted molar refractivity (Wildman–Crippen MR) is 37.0 cm³/mol. The van der Waals surface area contributed by atoms with Gasteiger partial charge in [0.1, 0.15) is 0 Å². The molecule has 3 N–H and O–H groups in total. The number of hydrogen-bond acceptors (Lipinski definition) is 3. The van der Waals surface area contributed by atoms with E-state index < -0.39 is 17.4 Å². The molecule has 0 aromatic heterocycles. The second-order valence-electron chi connectivity index (χ2n) is 2.22. The summed E-state index contributed by atoms with van der Waals surface area (Å²) in [7, 11) is 0. The highest BCUT2D eigenvalue weighted by Gasteiger charge is 2.08. The first kappa shape index (κ1) is 8.89. The highest BCUT2D eigenvalue weighted by atomic mass is 19.1. The smallest absolute Gasteiger partial charge is 0.187 e. The molecule has 0 unspecified atom stereocenters. The fourth-order valence-electron chi connectivity index (χ4n) is 0.798. The van der Waals surface area contributed by atoms with Crippen molar-refractivity contribution in [1.29, 1.82) is 0 Å². The van der Waals surface area contributed by atoms with Crippen LogP contribution in [0.25, 0.3) is 0 Å². The molecule has 0 fully saturated rings. The lowest BCUT2D eigenvalue weighted by Crippen LogP contribution is -2.00. The van der Waals surface area contributed by atoms with Crippen LogP contribution in [0.15, 0.2) is 12.1 Å². The maximum Gasteiger partial charge on any atom is 0.187 e. The minimum Gasteiger partial charge on any atom is -0.503 e. The van der Waals surface area contributed by atoms with E-state index in [9.17, 15) is 8.78 Å². The fourth-order valence-corrected chi connectivity index (χ4v) is 0.798. The van der Waals surface area contributed by atoms with Gasteiger partial charge >= 0.3 is 0 Å². The molecule has 66 valence electrons. The lowest BCUT2D eigenvalue weighted by atomic mass is 10.2. The number of phenols is 1. The van der Waals surface area contributed by atoms with E-state index in [0.717, 1.165) is 12.1 Å². The molecule has 0 amide bonds. The van der Waals surface area contributed by atoms with Gasteiger partial charge in [0.15, 0.2) is 17.4 Å². The molecule has 0 aliphatic carbocycles. The van der Waals surface area contributed by atoms with Crippen LogP contribution in [0.1, 0.15) is 5.56 Å². The first-order valence-electron chi connectivity index (χ1n) is 3.13. The normalized spacial score (nSPS) is 10.2. The van der Waals surface area contributed by atoms with Crippen LogP contribution in [0.5, 0.6) is 5.75 Å². The molecular formula is C7H7F2NO2. The van der Waals surface area contributed by atoms with E-state index in [4.69, 9.17) is 11.0 Å². The van der Waals surface area contributed by atoms with Crippen molar-refractivity contribution in [1.82, 2.24) is 0 Å². The van der Waals surface area contributed by atoms with Gasteiger partial charge in [-0.25, -0.2) is 14.7 Å². The van der Waals surface area contributed by atoms with Gasteiger partial charge in [0, 0.05) is 0 Å². The number of halogens is 2. The molecule has 3 nitrogen and oxygen atoms in total. The molecule has 0 bridgehead atoms. The standard InChI is InChI=1S/C7H7F2NO2/c8-5-1-4(3-12-10)2-6(9)7(5)11/h1-2,11H,3,10H2. The predicted octanol–water partition coefficient (Wildman–Crippen LogP) is 1.06. The molecule has 1 rings (SSSR count). The molecule has 5 heteroatoms. The van der Waals surface area contributed by atoms with E-state index in [1.807, 2.05) is 0 Å². The van der Waals surface area contributed by atoms with Gasteiger partial charge in [-0.05, 0) is 17.7 Å². The van der Waals surface area contributed by atoms with Crippen molar-refractivity contribution >= 4 is 0 Å². The number of phenolic OH excluding ortho intramolecular Hbond substituents is 1. The second-order valence-corrected chi connectivity index (χ2v) is 2.22. The first-order chi connectivity index (χ1) is 5.65. The molecule has 1 aromatic rings. The SMILES string of the molecule is NOCc1cc(F)c(O)c(F)c1. The van der Waals surface area contributed by atoms with Gasteiger partial charge in [-0.1, -0.05) is 0 Å². The molecule has 12 heavy (non-hydrogen) atoms. The van der Waals surface area contributed by atoms with Crippen molar-refractivity contribution in [3.63, 3.8) is 0 Å². The van der Waals surface area contributed by atoms with Crippen LogP contribution in [0, 0.1) is 11.6 Å². The molecule has 0 spiro atoms. The van der Waals surface area contributed by atoms with Gasteiger partial charge in [-0.15, -0.1) is 0 Å². The Labute approximate surface area is 67.3 Å². The van der Waals surface area contributed by atoms with E-state index in [-0.39, 0.29) is 12.2 Å². The van der Waals surface area contributed by atoms with E-state index in [1.165, 1.54) is 0 Å². The monoisotopic (exact) mass is 175 g/mol. The van der Waals surface area contributed by atoms with Gasteiger partial charge in [0.25, 0.3) is 0 Å². The minimum atomic E-state index is -1.03. The Bertz CT molecular complexity index is 268. The molecule has 0 atom stereocenters. The summed E-state index contributed by atoms with van der Waals surface area (Å²) in [5.41, 5.74) is 0.227. The van der Waals surface area contributed by atoms with E-state index in [1.54, 1.807) is 0 Å². The lowest BCUT2D eigenvalue weighted by Gasteiger charge is -2.01. The fraction of sp³-hybridized carbons (Fsp3) is 0.143. The van der Waals surface area contributed by atoms with Gasteiger partial charge < -0.3 is 5.11 Å². The van der Waals surface area contributed by atoms with Crippen molar-refractivity contribution in [3.8, 4) is 5.75 Å². The van der Waals surface area contributed by atoms with Crippen LogP contribution in [-0.4, -0.2) is 5.11 Å². The summed E-state index contributed by atoms with van der Waals surface area (Å²) in [6.45, 7) is -0.103. The van der Waals surface area contributed by atoms with Gasteiger partial charge in [0.05, 0.1) is 6.61 Å². The number of hydrogen-bond donors (Lipinski definition) is 2. The number of nitrogens with two attached hydrogens (primary N) is 1. The average molecular weight is 175 g/mol. The molecule has 0 heterocycles. The Morgan fingerprint density at radius 3 is 2.25 bits per heavy atom. The van der Waals surface area contributed by atoms with Crippen molar-refractivity contribution in [2.75, 3.05) is 0 Å². The zero-order valence-electron chi connectivity index (χ0n) is 6.05. The summed E-state index contributed by atoms with van der Waals surface area (Å²) in [5, 5.41) is 8.68. The second kappa shape index (κ2) is 3.46. The first-order valence-corrected chi connectivity index (χ1v) is 3.13. The molecule has 0 aliphatic rings. The largest absolute Gasteiger partial charge is 0.503 e. The minimum absolute atomic E-state index is 0.103. The maximum atomic E-state index is 12.6. The third-order valence-corrected chi connectivity index (χ3v) is 1.33. The Hall–Kier alpha value is -1.20. The number of benzene rings is 1. The molecule has 0 saturated carbocycles. The van der Waals surface area contributed by atoms with Crippen LogP contribution in [0.4, 0.5) is 8.78 Å². The summed E-state index contributed by atoms with van der Waals surface area (Å²) < 4.78 is 25.2. The van der Waals surface area contributed by atoms with Crippen LogP contribution in [0.3, 0.4) is 0 Å². The molecule has 0 saturated heterocycles. The molecule has 0 aliphatic heterocycles. The Kier molecular flexibility index (Phi) is 2.57. The molecule has 1 aromatic carbocycles. The van der Waals surface area contributed by atoms with E-state index >= 15 is 0 Å².